The van der Waals surface area contributed by atoms with Crippen LogP contribution in [0.1, 0.15) is 15.9 Å². The van der Waals surface area contributed by atoms with Gasteiger partial charge in [0.2, 0.25) is 17.7 Å². The molecule has 1 aliphatic heterocycles. The molecule has 0 bridgehead atoms. The van der Waals surface area contributed by atoms with Crippen molar-refractivity contribution in [1.29, 1.82) is 0 Å². The van der Waals surface area contributed by atoms with Gasteiger partial charge in [0, 0.05) is 12.1 Å². The van der Waals surface area contributed by atoms with Gasteiger partial charge in [-0.3, -0.25) is 19.3 Å². The minimum atomic E-state index is -1.17. The number of carboxylic acid groups (broad SMARTS) is 1. The first-order valence-corrected chi connectivity index (χ1v) is 11.4. The topological polar surface area (TPSA) is 107 Å². The summed E-state index contributed by atoms with van der Waals surface area (Å²) in [5, 5.41) is 11.3. The van der Waals surface area contributed by atoms with Gasteiger partial charge in [0.1, 0.15) is 30.6 Å². The van der Waals surface area contributed by atoms with Crippen LogP contribution in [-0.2, 0) is 20.8 Å². The Morgan fingerprint density at radius 2 is 1.62 bits per heavy atom. The second kappa shape index (κ2) is 10.8. The van der Waals surface area contributed by atoms with Crippen molar-refractivity contribution in [2.75, 3.05) is 23.3 Å². The number of carbonyl (C=O) groups is 4. The van der Waals surface area contributed by atoms with Gasteiger partial charge >= 0.3 is 5.97 Å². The number of anilines is 2. The molecule has 8 nitrogen and oxygen atoms in total. The van der Waals surface area contributed by atoms with E-state index in [1.807, 2.05) is 0 Å². The Morgan fingerprint density at radius 3 is 2.27 bits per heavy atom. The zero-order valence-electron chi connectivity index (χ0n) is 19.2. The number of hydrogen-bond acceptors (Lipinski definition) is 4. The maximum Gasteiger partial charge on any atom is 0.335 e. The summed E-state index contributed by atoms with van der Waals surface area (Å²) >= 11 is 5.74. The second-order valence-corrected chi connectivity index (χ2v) is 8.68. The third-order valence-corrected chi connectivity index (χ3v) is 6.15. The van der Waals surface area contributed by atoms with Crippen LogP contribution in [-0.4, -0.2) is 52.8 Å². The summed E-state index contributed by atoms with van der Waals surface area (Å²) in [7, 11) is 0. The van der Waals surface area contributed by atoms with Crippen molar-refractivity contribution >= 4 is 46.7 Å². The van der Waals surface area contributed by atoms with E-state index in [9.17, 15) is 28.0 Å². The molecule has 1 saturated heterocycles. The summed E-state index contributed by atoms with van der Waals surface area (Å²) in [5.74, 6) is -5.47. The van der Waals surface area contributed by atoms with Crippen LogP contribution in [0.15, 0.2) is 66.7 Å². The lowest BCUT2D eigenvalue weighted by Crippen LogP contribution is -2.60. The van der Waals surface area contributed by atoms with E-state index in [0.29, 0.717) is 10.5 Å². The van der Waals surface area contributed by atoms with Crippen molar-refractivity contribution in [1.82, 2.24) is 4.90 Å². The monoisotopic (exact) mass is 527 g/mol. The van der Waals surface area contributed by atoms with Crippen molar-refractivity contribution in [3.05, 3.63) is 94.5 Å². The first-order valence-electron chi connectivity index (χ1n) is 11.1. The molecule has 0 saturated carbocycles. The van der Waals surface area contributed by atoms with Gasteiger partial charge in [-0.1, -0.05) is 41.9 Å². The number of halogens is 3. The number of nitrogens with one attached hydrogen (secondary N) is 1. The molecule has 190 valence electrons. The maximum atomic E-state index is 14.5. The molecule has 0 aliphatic carbocycles. The highest BCUT2D eigenvalue weighted by atomic mass is 35.5. The molecule has 1 unspecified atom stereocenters. The first kappa shape index (κ1) is 25.8. The van der Waals surface area contributed by atoms with Crippen LogP contribution in [0.25, 0.3) is 0 Å². The quantitative estimate of drug-likeness (QED) is 0.455. The number of piperazine rings is 1. The van der Waals surface area contributed by atoms with Gasteiger partial charge in [0.25, 0.3) is 0 Å². The van der Waals surface area contributed by atoms with Gasteiger partial charge in [-0.25, -0.2) is 13.6 Å². The molecular formula is C26H20ClF2N3O5. The molecule has 1 fully saturated rings. The van der Waals surface area contributed by atoms with Gasteiger partial charge in [-0.05, 0) is 42.0 Å². The van der Waals surface area contributed by atoms with Gasteiger partial charge in [-0.15, -0.1) is 0 Å². The molecule has 3 amide bonds. The van der Waals surface area contributed by atoms with E-state index in [1.54, 1.807) is 30.3 Å². The van der Waals surface area contributed by atoms with Crippen molar-refractivity contribution in [2.45, 2.75) is 12.5 Å². The second-order valence-electron chi connectivity index (χ2n) is 8.27. The number of carbonyl (C=O) groups excluding carboxylic acids is 3. The molecule has 1 heterocycles. The fourth-order valence-electron chi connectivity index (χ4n) is 3.99. The number of rotatable bonds is 7. The van der Waals surface area contributed by atoms with Crippen LogP contribution in [0, 0.1) is 11.6 Å². The third kappa shape index (κ3) is 5.59. The smallest absolute Gasteiger partial charge is 0.335 e. The Hall–Kier alpha value is -4.31. The lowest BCUT2D eigenvalue weighted by atomic mass is 10.0. The number of aromatic carboxylic acids is 1. The van der Waals surface area contributed by atoms with E-state index in [4.69, 9.17) is 16.7 Å². The summed E-state index contributed by atoms with van der Waals surface area (Å²) in [4.78, 5) is 52.3. The molecule has 11 heteroatoms. The van der Waals surface area contributed by atoms with Gasteiger partial charge < -0.3 is 15.3 Å². The molecular weight excluding hydrogens is 508 g/mol. The lowest BCUT2D eigenvalue weighted by Gasteiger charge is -2.38. The van der Waals surface area contributed by atoms with E-state index < -0.39 is 65.2 Å². The van der Waals surface area contributed by atoms with Crippen molar-refractivity contribution in [3.8, 4) is 0 Å². The van der Waals surface area contributed by atoms with E-state index >= 15 is 0 Å². The Kier molecular flexibility index (Phi) is 7.49. The Labute approximate surface area is 215 Å². The molecule has 3 aromatic carbocycles. The summed E-state index contributed by atoms with van der Waals surface area (Å²) in [6.07, 6.45) is 0.0544. The predicted octanol–water partition coefficient (Wildman–Crippen LogP) is 3.74. The van der Waals surface area contributed by atoms with E-state index in [1.165, 1.54) is 24.3 Å². The van der Waals surface area contributed by atoms with Crippen LogP contribution in [0.4, 0.5) is 20.2 Å². The molecule has 37 heavy (non-hydrogen) atoms. The van der Waals surface area contributed by atoms with Gasteiger partial charge in [0.05, 0.1) is 10.6 Å². The normalized spacial score (nSPS) is 14.5. The SMILES string of the molecule is O=C(O)c1ccc(NC(=O)C(Cc2ccccc2)N2CC(=O)N(c3c(F)ccc(Cl)c3F)CC2=O)cc1. The third-order valence-electron chi connectivity index (χ3n) is 5.86. The van der Waals surface area contributed by atoms with Crippen LogP contribution in [0.2, 0.25) is 5.02 Å². The fraction of sp³-hybridized carbons (Fsp3) is 0.154. The minimum Gasteiger partial charge on any atom is -0.478 e. The van der Waals surface area contributed by atoms with Gasteiger partial charge in [-0.2, -0.15) is 0 Å². The first-order chi connectivity index (χ1) is 17.7. The lowest BCUT2D eigenvalue weighted by molar-refractivity contribution is -0.143. The van der Waals surface area contributed by atoms with Crippen molar-refractivity contribution < 1.29 is 33.1 Å². The molecule has 1 atom stereocenters. The molecule has 4 rings (SSSR count). The molecule has 0 radical (unpaired) electrons. The number of benzene rings is 3. The van der Waals surface area contributed by atoms with Crippen LogP contribution >= 0.6 is 11.6 Å². The van der Waals surface area contributed by atoms with Crippen molar-refractivity contribution in [3.63, 3.8) is 0 Å². The highest BCUT2D eigenvalue weighted by Crippen LogP contribution is 2.31. The molecule has 2 N–H and O–H groups in total. The van der Waals surface area contributed by atoms with Gasteiger partial charge in [0.15, 0.2) is 5.82 Å². The van der Waals surface area contributed by atoms with Crippen molar-refractivity contribution in [2.24, 2.45) is 0 Å². The molecule has 0 aromatic heterocycles. The minimum absolute atomic E-state index is 0.0243. The Morgan fingerprint density at radius 1 is 0.946 bits per heavy atom. The standard InChI is InChI=1S/C26H20ClF2N3O5/c27-18-10-11-19(28)24(23(18)29)32-14-21(33)31(13-22(32)34)20(12-15-4-2-1-3-5-15)25(35)30-17-8-6-16(7-9-17)26(36)37/h1-11,20H,12-14H2,(H,30,35)(H,36,37). The zero-order chi connectivity index (χ0) is 26.7. The van der Waals surface area contributed by atoms with E-state index in [0.717, 1.165) is 17.0 Å². The predicted molar refractivity (Wildman–Crippen MR) is 131 cm³/mol. The highest BCUT2D eigenvalue weighted by molar-refractivity contribution is 6.31. The number of amides is 3. The Balaban J connectivity index is 1.61. The number of carboxylic acids is 1. The maximum absolute atomic E-state index is 14.5. The summed E-state index contributed by atoms with van der Waals surface area (Å²) in [6.45, 7) is -1.30. The van der Waals surface area contributed by atoms with E-state index in [-0.39, 0.29) is 17.7 Å². The van der Waals surface area contributed by atoms with Crippen LogP contribution in [0.5, 0.6) is 0 Å². The van der Waals surface area contributed by atoms with Crippen LogP contribution < -0.4 is 10.2 Å². The fourth-order valence-corrected chi connectivity index (χ4v) is 4.14. The average molecular weight is 528 g/mol. The Bertz CT molecular complexity index is 1370. The number of hydrogen-bond donors (Lipinski definition) is 2. The molecule has 0 spiro atoms. The molecule has 1 aliphatic rings. The zero-order valence-corrected chi connectivity index (χ0v) is 19.9. The largest absolute Gasteiger partial charge is 0.478 e. The molecule has 3 aromatic rings. The average Bonchev–Trinajstić information content (AvgIpc) is 2.88. The van der Waals surface area contributed by atoms with Crippen LogP contribution in [0.3, 0.4) is 0 Å². The summed E-state index contributed by atoms with van der Waals surface area (Å²) in [6, 6.07) is 15.0. The summed E-state index contributed by atoms with van der Waals surface area (Å²) in [5.41, 5.74) is 0.288. The van der Waals surface area contributed by atoms with E-state index in [2.05, 4.69) is 5.32 Å². The number of nitrogens with zero attached hydrogens (tertiary/aromatic N) is 2. The summed E-state index contributed by atoms with van der Waals surface area (Å²) < 4.78 is 28.9. The highest BCUT2D eigenvalue weighted by Gasteiger charge is 2.39.